The molecule has 0 saturated carbocycles. The first-order valence-electron chi connectivity index (χ1n) is 7.33. The van der Waals surface area contributed by atoms with E-state index in [1.807, 2.05) is 12.1 Å². The van der Waals surface area contributed by atoms with Gasteiger partial charge in [-0.3, -0.25) is 0 Å². The van der Waals surface area contributed by atoms with Crippen LogP contribution in [0.15, 0.2) is 47.4 Å². The number of rotatable bonds is 6. The molecule has 0 amide bonds. The van der Waals surface area contributed by atoms with Crippen molar-refractivity contribution < 1.29 is 0 Å². The molecule has 0 spiro atoms. The van der Waals surface area contributed by atoms with Crippen molar-refractivity contribution in [3.8, 4) is 5.69 Å². The minimum atomic E-state index is 0.309. The number of nitrogens with one attached hydrogen (secondary N) is 1. The third kappa shape index (κ3) is 3.40. The summed E-state index contributed by atoms with van der Waals surface area (Å²) < 4.78 is 1.65. The van der Waals surface area contributed by atoms with Crippen LogP contribution in [0.3, 0.4) is 0 Å². The minimum absolute atomic E-state index is 0.309. The number of hydrogen-bond donors (Lipinski definition) is 1. The van der Waals surface area contributed by atoms with Gasteiger partial charge in [0.1, 0.15) is 6.33 Å². The predicted molar refractivity (Wildman–Crippen MR) is 88.3 cm³/mol. The zero-order chi connectivity index (χ0) is 15.4. The van der Waals surface area contributed by atoms with Crippen LogP contribution in [0.2, 0.25) is 0 Å². The average Bonchev–Trinajstić information content (AvgIpc) is 3.25. The van der Waals surface area contributed by atoms with Gasteiger partial charge in [-0.1, -0.05) is 19.1 Å². The van der Waals surface area contributed by atoms with Gasteiger partial charge < -0.3 is 5.32 Å². The zero-order valence-electron chi connectivity index (χ0n) is 12.7. The van der Waals surface area contributed by atoms with E-state index in [2.05, 4.69) is 63.6 Å². The third-order valence-corrected chi connectivity index (χ3v) is 4.55. The van der Waals surface area contributed by atoms with Crippen LogP contribution in [0.5, 0.6) is 0 Å². The van der Waals surface area contributed by atoms with Gasteiger partial charge in [0, 0.05) is 12.6 Å². The van der Waals surface area contributed by atoms with Crippen molar-refractivity contribution in [2.75, 3.05) is 6.54 Å². The second-order valence-corrected chi connectivity index (χ2v) is 6.21. The van der Waals surface area contributed by atoms with Crippen LogP contribution in [0.1, 0.15) is 36.9 Å². The van der Waals surface area contributed by atoms with E-state index < -0.39 is 0 Å². The topological polar surface area (TPSA) is 55.6 Å². The lowest BCUT2D eigenvalue weighted by atomic mass is 10.0. The number of tetrazole rings is 1. The Bertz CT molecular complexity index is 676. The SMILES string of the molecule is C[C@H](NC[C@H](C)c1ccsc1)c1ccc(-n2cnnn2)cc1. The fourth-order valence-corrected chi connectivity index (χ4v) is 3.12. The van der Waals surface area contributed by atoms with Crippen molar-refractivity contribution in [2.24, 2.45) is 0 Å². The molecule has 22 heavy (non-hydrogen) atoms. The Morgan fingerprint density at radius 1 is 1.14 bits per heavy atom. The van der Waals surface area contributed by atoms with Gasteiger partial charge in [0.05, 0.1) is 5.69 Å². The quantitative estimate of drug-likeness (QED) is 0.759. The first-order valence-corrected chi connectivity index (χ1v) is 8.27. The number of hydrogen-bond acceptors (Lipinski definition) is 5. The Hall–Kier alpha value is -2.05. The molecule has 0 fully saturated rings. The molecule has 3 aromatic rings. The summed E-state index contributed by atoms with van der Waals surface area (Å²) in [6.45, 7) is 5.40. The van der Waals surface area contributed by atoms with Gasteiger partial charge in [-0.15, -0.1) is 5.10 Å². The second-order valence-electron chi connectivity index (χ2n) is 5.43. The molecule has 114 valence electrons. The van der Waals surface area contributed by atoms with Crippen molar-refractivity contribution in [1.29, 1.82) is 0 Å². The van der Waals surface area contributed by atoms with Crippen LogP contribution in [-0.4, -0.2) is 26.8 Å². The largest absolute Gasteiger partial charge is 0.310 e. The second kappa shape index (κ2) is 6.81. The van der Waals surface area contributed by atoms with E-state index in [1.54, 1.807) is 22.3 Å². The maximum Gasteiger partial charge on any atom is 0.143 e. The van der Waals surface area contributed by atoms with Crippen LogP contribution in [-0.2, 0) is 0 Å². The zero-order valence-corrected chi connectivity index (χ0v) is 13.5. The van der Waals surface area contributed by atoms with E-state index in [0.717, 1.165) is 12.2 Å². The van der Waals surface area contributed by atoms with Crippen molar-refractivity contribution in [2.45, 2.75) is 25.8 Å². The standard InChI is InChI=1S/C16H19N5S/c1-12(15-7-8-22-10-15)9-17-13(2)14-3-5-16(6-4-14)21-11-18-19-20-21/h3-8,10-13,17H,9H2,1-2H3/t12-,13-/m0/s1. The average molecular weight is 313 g/mol. The van der Waals surface area contributed by atoms with E-state index in [9.17, 15) is 0 Å². The smallest absolute Gasteiger partial charge is 0.143 e. The molecule has 2 aromatic heterocycles. The first-order chi connectivity index (χ1) is 10.7. The van der Waals surface area contributed by atoms with E-state index >= 15 is 0 Å². The molecule has 3 rings (SSSR count). The van der Waals surface area contributed by atoms with Gasteiger partial charge in [-0.2, -0.15) is 11.3 Å². The molecule has 1 N–H and O–H groups in total. The fourth-order valence-electron chi connectivity index (χ4n) is 2.34. The molecule has 1 aromatic carbocycles. The maximum absolute atomic E-state index is 3.89. The fraction of sp³-hybridized carbons (Fsp3) is 0.312. The maximum atomic E-state index is 3.89. The van der Waals surface area contributed by atoms with Gasteiger partial charge in [0.25, 0.3) is 0 Å². The highest BCUT2D eigenvalue weighted by molar-refractivity contribution is 7.07. The summed E-state index contributed by atoms with van der Waals surface area (Å²) in [5.74, 6) is 0.522. The molecule has 2 heterocycles. The molecular weight excluding hydrogens is 294 g/mol. The molecule has 6 heteroatoms. The summed E-state index contributed by atoms with van der Waals surface area (Å²) in [4.78, 5) is 0. The molecule has 0 aliphatic carbocycles. The summed E-state index contributed by atoms with van der Waals surface area (Å²) >= 11 is 1.75. The Balaban J connectivity index is 1.59. The van der Waals surface area contributed by atoms with Crippen LogP contribution < -0.4 is 5.32 Å². The van der Waals surface area contributed by atoms with E-state index in [1.165, 1.54) is 11.1 Å². The highest BCUT2D eigenvalue weighted by atomic mass is 32.1. The van der Waals surface area contributed by atoms with E-state index in [4.69, 9.17) is 0 Å². The Morgan fingerprint density at radius 3 is 2.59 bits per heavy atom. The minimum Gasteiger partial charge on any atom is -0.310 e. The summed E-state index contributed by atoms with van der Waals surface area (Å²) in [7, 11) is 0. The summed E-state index contributed by atoms with van der Waals surface area (Å²) in [5, 5.41) is 19.1. The summed E-state index contributed by atoms with van der Waals surface area (Å²) in [6, 6.07) is 10.8. The van der Waals surface area contributed by atoms with Crippen molar-refractivity contribution in [1.82, 2.24) is 25.5 Å². The molecule has 0 bridgehead atoms. The normalized spacial score (nSPS) is 13.9. The molecule has 0 aliphatic rings. The van der Waals surface area contributed by atoms with Gasteiger partial charge >= 0.3 is 0 Å². The van der Waals surface area contributed by atoms with Gasteiger partial charge in [-0.05, 0) is 63.4 Å². The number of benzene rings is 1. The summed E-state index contributed by atoms with van der Waals surface area (Å²) in [6.07, 6.45) is 1.60. The predicted octanol–water partition coefficient (Wildman–Crippen LogP) is 3.18. The third-order valence-electron chi connectivity index (χ3n) is 3.85. The van der Waals surface area contributed by atoms with E-state index in [-0.39, 0.29) is 0 Å². The lowest BCUT2D eigenvalue weighted by Crippen LogP contribution is -2.23. The van der Waals surface area contributed by atoms with Crippen LogP contribution in [0, 0.1) is 0 Å². The lowest BCUT2D eigenvalue weighted by molar-refractivity contribution is 0.537. The van der Waals surface area contributed by atoms with Crippen LogP contribution in [0.25, 0.3) is 5.69 Å². The van der Waals surface area contributed by atoms with Gasteiger partial charge in [-0.25, -0.2) is 4.68 Å². The summed E-state index contributed by atoms with van der Waals surface area (Å²) in [5.41, 5.74) is 3.63. The molecule has 0 saturated heterocycles. The van der Waals surface area contributed by atoms with Gasteiger partial charge in [0.2, 0.25) is 0 Å². The Morgan fingerprint density at radius 2 is 1.95 bits per heavy atom. The monoisotopic (exact) mass is 313 g/mol. The Kier molecular flexibility index (Phi) is 4.60. The van der Waals surface area contributed by atoms with Crippen LogP contribution >= 0.6 is 11.3 Å². The number of aromatic nitrogens is 4. The lowest BCUT2D eigenvalue weighted by Gasteiger charge is -2.18. The number of nitrogens with zero attached hydrogens (tertiary/aromatic N) is 4. The number of thiophene rings is 1. The molecule has 0 unspecified atom stereocenters. The van der Waals surface area contributed by atoms with Crippen molar-refractivity contribution >= 4 is 11.3 Å². The van der Waals surface area contributed by atoms with Gasteiger partial charge in [0.15, 0.2) is 0 Å². The molecular formula is C16H19N5S. The highest BCUT2D eigenvalue weighted by Gasteiger charge is 2.10. The Labute approximate surface area is 134 Å². The molecule has 2 atom stereocenters. The van der Waals surface area contributed by atoms with Crippen molar-refractivity contribution in [3.05, 3.63) is 58.5 Å². The molecule has 5 nitrogen and oxygen atoms in total. The highest BCUT2D eigenvalue weighted by Crippen LogP contribution is 2.20. The first kappa shape index (κ1) is 14.9. The molecule has 0 aliphatic heterocycles. The van der Waals surface area contributed by atoms with Crippen molar-refractivity contribution in [3.63, 3.8) is 0 Å². The molecule has 0 radical (unpaired) electrons. The van der Waals surface area contributed by atoms with E-state index in [0.29, 0.717) is 12.0 Å². The van der Waals surface area contributed by atoms with Crippen LogP contribution in [0.4, 0.5) is 0 Å².